The van der Waals surface area contributed by atoms with Gasteiger partial charge in [0.25, 0.3) is 0 Å². The van der Waals surface area contributed by atoms with Crippen LogP contribution >= 0.6 is 12.4 Å². The summed E-state index contributed by atoms with van der Waals surface area (Å²) >= 11 is 0. The molecule has 2 N–H and O–H groups in total. The fourth-order valence-electron chi connectivity index (χ4n) is 2.15. The van der Waals surface area contributed by atoms with Gasteiger partial charge in [0.15, 0.2) is 0 Å². The Bertz CT molecular complexity index is 579. The summed E-state index contributed by atoms with van der Waals surface area (Å²) in [6, 6.07) is 3.98. The molecule has 0 saturated carbocycles. The van der Waals surface area contributed by atoms with E-state index in [2.05, 4.69) is 25.6 Å². The number of aryl methyl sites for hydroxylation is 2. The highest BCUT2D eigenvalue weighted by Gasteiger charge is 2.12. The first-order valence-electron chi connectivity index (χ1n) is 5.98. The maximum Gasteiger partial charge on any atom is 0.227 e. The molecule has 6 heteroatoms. The largest absolute Gasteiger partial charge is 0.324 e. The Morgan fingerprint density at radius 3 is 2.58 bits per heavy atom. The number of hydrogen-bond donors (Lipinski definition) is 2. The van der Waals surface area contributed by atoms with Gasteiger partial charge in [0.05, 0.1) is 5.69 Å². The summed E-state index contributed by atoms with van der Waals surface area (Å²) in [6.07, 6.45) is 1.88. The lowest BCUT2D eigenvalue weighted by Crippen LogP contribution is -2.02. The van der Waals surface area contributed by atoms with E-state index in [0.29, 0.717) is 5.95 Å². The zero-order valence-corrected chi connectivity index (χ0v) is 11.7. The first kappa shape index (κ1) is 13.7. The Labute approximate surface area is 118 Å². The molecule has 100 valence electrons. The maximum atomic E-state index is 4.50. The van der Waals surface area contributed by atoms with Gasteiger partial charge in [-0.2, -0.15) is 0 Å². The molecule has 2 aromatic heterocycles. The van der Waals surface area contributed by atoms with Crippen molar-refractivity contribution in [1.82, 2.24) is 20.3 Å². The molecule has 3 rings (SSSR count). The second-order valence-corrected chi connectivity index (χ2v) is 4.53. The first-order chi connectivity index (χ1) is 8.70. The predicted octanol–water partition coefficient (Wildman–Crippen LogP) is 2.26. The molecule has 1 aliphatic heterocycles. The molecule has 2 aromatic rings. The van der Waals surface area contributed by atoms with Crippen LogP contribution in [0.4, 0.5) is 11.6 Å². The van der Waals surface area contributed by atoms with Crippen LogP contribution in [0.1, 0.15) is 22.6 Å². The zero-order chi connectivity index (χ0) is 12.5. The van der Waals surface area contributed by atoms with Crippen LogP contribution in [0.2, 0.25) is 0 Å². The van der Waals surface area contributed by atoms with E-state index in [0.717, 1.165) is 35.9 Å². The van der Waals surface area contributed by atoms with Crippen molar-refractivity contribution in [2.45, 2.75) is 26.9 Å². The van der Waals surface area contributed by atoms with Gasteiger partial charge in [0.1, 0.15) is 0 Å². The van der Waals surface area contributed by atoms with Crippen LogP contribution in [-0.2, 0) is 13.1 Å². The fraction of sp³-hybridized carbons (Fsp3) is 0.308. The van der Waals surface area contributed by atoms with Crippen LogP contribution in [0.15, 0.2) is 18.3 Å². The molecule has 0 spiro atoms. The number of pyridine rings is 1. The monoisotopic (exact) mass is 277 g/mol. The van der Waals surface area contributed by atoms with Crippen LogP contribution in [0.25, 0.3) is 0 Å². The Morgan fingerprint density at radius 1 is 1.11 bits per heavy atom. The average molecular weight is 278 g/mol. The third kappa shape index (κ3) is 3.00. The molecule has 0 aromatic carbocycles. The lowest BCUT2D eigenvalue weighted by atomic mass is 10.3. The average Bonchev–Trinajstić information content (AvgIpc) is 2.74. The van der Waals surface area contributed by atoms with Crippen molar-refractivity contribution in [3.05, 3.63) is 41.0 Å². The van der Waals surface area contributed by atoms with Gasteiger partial charge in [0.2, 0.25) is 5.95 Å². The van der Waals surface area contributed by atoms with Gasteiger partial charge < -0.3 is 10.6 Å². The van der Waals surface area contributed by atoms with Crippen molar-refractivity contribution in [2.24, 2.45) is 0 Å². The van der Waals surface area contributed by atoms with E-state index in [-0.39, 0.29) is 12.4 Å². The number of anilines is 2. The SMILES string of the molecule is Cc1cc(Nc2ncc3c(n2)CNC3)cc(C)n1.Cl. The minimum Gasteiger partial charge on any atom is -0.324 e. The lowest BCUT2D eigenvalue weighted by Gasteiger charge is -2.07. The predicted molar refractivity (Wildman–Crippen MR) is 76.8 cm³/mol. The summed E-state index contributed by atoms with van der Waals surface area (Å²) in [4.78, 5) is 13.2. The van der Waals surface area contributed by atoms with Gasteiger partial charge in [-0.15, -0.1) is 12.4 Å². The third-order valence-corrected chi connectivity index (χ3v) is 2.90. The lowest BCUT2D eigenvalue weighted by molar-refractivity contribution is 0.758. The number of fused-ring (bicyclic) bond motifs is 1. The van der Waals surface area contributed by atoms with Crippen molar-refractivity contribution in [3.8, 4) is 0 Å². The Morgan fingerprint density at radius 2 is 1.84 bits per heavy atom. The van der Waals surface area contributed by atoms with Gasteiger partial charge in [0, 0.05) is 41.9 Å². The number of halogens is 1. The number of rotatable bonds is 2. The first-order valence-corrected chi connectivity index (χ1v) is 5.98. The number of hydrogen-bond acceptors (Lipinski definition) is 5. The van der Waals surface area contributed by atoms with E-state index in [4.69, 9.17) is 0 Å². The van der Waals surface area contributed by atoms with E-state index in [1.165, 1.54) is 5.56 Å². The summed E-state index contributed by atoms with van der Waals surface area (Å²) in [7, 11) is 0. The van der Waals surface area contributed by atoms with Crippen LogP contribution in [0, 0.1) is 13.8 Å². The minimum atomic E-state index is 0. The van der Waals surface area contributed by atoms with Crippen molar-refractivity contribution in [1.29, 1.82) is 0 Å². The molecule has 0 bridgehead atoms. The zero-order valence-electron chi connectivity index (χ0n) is 10.9. The molecule has 0 amide bonds. The highest BCUT2D eigenvalue weighted by molar-refractivity contribution is 5.85. The van der Waals surface area contributed by atoms with Crippen molar-refractivity contribution in [2.75, 3.05) is 5.32 Å². The van der Waals surface area contributed by atoms with E-state index in [1.807, 2.05) is 32.2 Å². The molecule has 0 aliphatic carbocycles. The summed E-state index contributed by atoms with van der Waals surface area (Å²) in [6.45, 7) is 5.64. The second-order valence-electron chi connectivity index (χ2n) is 4.53. The van der Waals surface area contributed by atoms with Crippen LogP contribution in [0.5, 0.6) is 0 Å². The van der Waals surface area contributed by atoms with Gasteiger partial charge in [-0.25, -0.2) is 9.97 Å². The fourth-order valence-corrected chi connectivity index (χ4v) is 2.15. The second kappa shape index (κ2) is 5.50. The number of aromatic nitrogens is 3. The molecule has 0 fully saturated rings. The highest BCUT2D eigenvalue weighted by Crippen LogP contribution is 2.18. The van der Waals surface area contributed by atoms with Gasteiger partial charge in [-0.1, -0.05) is 0 Å². The standard InChI is InChI=1S/C13H15N5.ClH/c1-8-3-11(4-9(2)16-8)17-13-15-6-10-5-14-7-12(10)18-13;/h3-4,6,14H,5,7H2,1-2H3,(H,15,16,17,18);1H. The molecule has 0 saturated heterocycles. The third-order valence-electron chi connectivity index (χ3n) is 2.90. The van der Waals surface area contributed by atoms with E-state index < -0.39 is 0 Å². The molecular formula is C13H16ClN5. The van der Waals surface area contributed by atoms with Gasteiger partial charge >= 0.3 is 0 Å². The number of nitrogens with zero attached hydrogens (tertiary/aromatic N) is 3. The molecule has 0 atom stereocenters. The van der Waals surface area contributed by atoms with Crippen molar-refractivity contribution in [3.63, 3.8) is 0 Å². The molecular weight excluding hydrogens is 262 g/mol. The highest BCUT2D eigenvalue weighted by atomic mass is 35.5. The smallest absolute Gasteiger partial charge is 0.227 e. The maximum absolute atomic E-state index is 4.50. The molecule has 3 heterocycles. The Balaban J connectivity index is 0.00000133. The van der Waals surface area contributed by atoms with Crippen LogP contribution in [0.3, 0.4) is 0 Å². The van der Waals surface area contributed by atoms with Crippen molar-refractivity contribution < 1.29 is 0 Å². The Kier molecular flexibility index (Phi) is 3.97. The normalized spacial score (nSPS) is 12.7. The Hall–Kier alpha value is -1.72. The summed E-state index contributed by atoms with van der Waals surface area (Å²) < 4.78 is 0. The molecule has 5 nitrogen and oxygen atoms in total. The quantitative estimate of drug-likeness (QED) is 0.882. The topological polar surface area (TPSA) is 62.7 Å². The van der Waals surface area contributed by atoms with Gasteiger partial charge in [-0.05, 0) is 26.0 Å². The molecule has 0 unspecified atom stereocenters. The van der Waals surface area contributed by atoms with Crippen LogP contribution < -0.4 is 10.6 Å². The van der Waals surface area contributed by atoms with Gasteiger partial charge in [-0.3, -0.25) is 4.98 Å². The number of nitrogens with one attached hydrogen (secondary N) is 2. The molecule has 19 heavy (non-hydrogen) atoms. The van der Waals surface area contributed by atoms with E-state index >= 15 is 0 Å². The summed E-state index contributed by atoms with van der Waals surface area (Å²) in [5.74, 6) is 0.641. The van der Waals surface area contributed by atoms with Crippen LogP contribution in [-0.4, -0.2) is 15.0 Å². The van der Waals surface area contributed by atoms with E-state index in [1.54, 1.807) is 0 Å². The molecule has 0 radical (unpaired) electrons. The van der Waals surface area contributed by atoms with E-state index in [9.17, 15) is 0 Å². The summed E-state index contributed by atoms with van der Waals surface area (Å²) in [5.41, 5.74) is 5.21. The minimum absolute atomic E-state index is 0. The van der Waals surface area contributed by atoms with Crippen molar-refractivity contribution >= 4 is 24.0 Å². The molecule has 1 aliphatic rings. The summed E-state index contributed by atoms with van der Waals surface area (Å²) in [5, 5.41) is 6.48.